The third-order valence-electron chi connectivity index (χ3n) is 1.09. The van der Waals surface area contributed by atoms with Crippen LogP contribution in [0.1, 0.15) is 0 Å². The maximum Gasteiger partial charge on any atom is 0.294 e. The molecule has 0 saturated heterocycles. The van der Waals surface area contributed by atoms with Crippen LogP contribution in [0.15, 0.2) is 0 Å². The van der Waals surface area contributed by atoms with Crippen molar-refractivity contribution in [1.82, 2.24) is 0 Å². The summed E-state index contributed by atoms with van der Waals surface area (Å²) in [5.74, 6) is -0.782. The van der Waals surface area contributed by atoms with Crippen LogP contribution in [0.5, 0.6) is 0 Å². The average Bonchev–Trinajstić information content (AvgIpc) is 2.04. The Bertz CT molecular complexity index is 165. The Balaban J connectivity index is 3.63. The highest BCUT2D eigenvalue weighted by Crippen LogP contribution is 1.97. The SMILES string of the molecule is O=[N+]([O-])OCC(CO)CO[N+](=O)[O-]. The van der Waals surface area contributed by atoms with Crippen LogP contribution < -0.4 is 0 Å². The van der Waals surface area contributed by atoms with Crippen molar-refractivity contribution in [3.8, 4) is 0 Å². The fourth-order valence-electron chi connectivity index (χ4n) is 0.486. The maximum absolute atomic E-state index is 9.68. The van der Waals surface area contributed by atoms with E-state index < -0.39 is 35.9 Å². The molecule has 0 unspecified atom stereocenters. The van der Waals surface area contributed by atoms with Gasteiger partial charge in [0.15, 0.2) is 0 Å². The molecule has 0 fully saturated rings. The number of aliphatic hydroxyl groups is 1. The van der Waals surface area contributed by atoms with E-state index in [0.717, 1.165) is 0 Å². The molecule has 0 aliphatic rings. The summed E-state index contributed by atoms with van der Waals surface area (Å²) in [5.41, 5.74) is 0. The Labute approximate surface area is 72.1 Å². The van der Waals surface area contributed by atoms with Crippen LogP contribution in [0.25, 0.3) is 0 Å². The second kappa shape index (κ2) is 5.94. The number of nitrogens with zero attached hydrogens (tertiary/aromatic N) is 2. The highest BCUT2D eigenvalue weighted by atomic mass is 17.0. The van der Waals surface area contributed by atoms with Crippen molar-refractivity contribution in [3.63, 3.8) is 0 Å². The van der Waals surface area contributed by atoms with Gasteiger partial charge in [0.1, 0.15) is 13.2 Å². The van der Waals surface area contributed by atoms with Gasteiger partial charge in [0, 0.05) is 12.5 Å². The highest BCUT2D eigenvalue weighted by Gasteiger charge is 2.11. The summed E-state index contributed by atoms with van der Waals surface area (Å²) in [6.45, 7) is -1.35. The number of hydrogen-bond acceptors (Lipinski definition) is 7. The maximum atomic E-state index is 9.68. The Morgan fingerprint density at radius 2 is 1.54 bits per heavy atom. The molecule has 0 rings (SSSR count). The predicted molar refractivity (Wildman–Crippen MR) is 36.5 cm³/mol. The Kier molecular flexibility index (Phi) is 5.19. The molecule has 76 valence electrons. The largest absolute Gasteiger partial charge is 0.396 e. The van der Waals surface area contributed by atoms with Gasteiger partial charge in [0.25, 0.3) is 10.2 Å². The zero-order valence-electron chi connectivity index (χ0n) is 6.49. The van der Waals surface area contributed by atoms with Gasteiger partial charge < -0.3 is 14.8 Å². The van der Waals surface area contributed by atoms with Crippen LogP contribution in [0.2, 0.25) is 0 Å². The second-order valence-electron chi connectivity index (χ2n) is 2.09. The van der Waals surface area contributed by atoms with Gasteiger partial charge in [-0.3, -0.25) is 0 Å². The smallest absolute Gasteiger partial charge is 0.294 e. The van der Waals surface area contributed by atoms with Crippen molar-refractivity contribution in [2.24, 2.45) is 5.92 Å². The lowest BCUT2D eigenvalue weighted by atomic mass is 10.2. The van der Waals surface area contributed by atoms with Crippen LogP contribution in [0.3, 0.4) is 0 Å². The molecular weight excluding hydrogens is 188 g/mol. The molecule has 13 heavy (non-hydrogen) atoms. The van der Waals surface area contributed by atoms with Crippen molar-refractivity contribution < 1.29 is 25.0 Å². The van der Waals surface area contributed by atoms with E-state index >= 15 is 0 Å². The summed E-state index contributed by atoms with van der Waals surface area (Å²) >= 11 is 0. The summed E-state index contributed by atoms with van der Waals surface area (Å²) in [6.07, 6.45) is 0. The van der Waals surface area contributed by atoms with Crippen molar-refractivity contribution in [1.29, 1.82) is 0 Å². The molecule has 0 bridgehead atoms. The van der Waals surface area contributed by atoms with Crippen LogP contribution in [0, 0.1) is 26.1 Å². The summed E-state index contributed by atoms with van der Waals surface area (Å²) in [6, 6.07) is 0. The summed E-state index contributed by atoms with van der Waals surface area (Å²) < 4.78 is 0. The highest BCUT2D eigenvalue weighted by molar-refractivity contribution is 4.51. The van der Waals surface area contributed by atoms with Crippen molar-refractivity contribution in [2.75, 3.05) is 19.8 Å². The topological polar surface area (TPSA) is 125 Å². The standard InChI is InChI=1S/C4H8N2O7/c7-1-4(2-12-5(8)9)3-13-6(10)11/h4,7H,1-3H2. The van der Waals surface area contributed by atoms with Crippen LogP contribution >= 0.6 is 0 Å². The molecule has 9 heteroatoms. The van der Waals surface area contributed by atoms with Gasteiger partial charge in [-0.2, -0.15) is 0 Å². The summed E-state index contributed by atoms with van der Waals surface area (Å²) in [4.78, 5) is 27.1. The first-order chi connectivity index (χ1) is 6.06. The van der Waals surface area contributed by atoms with E-state index in [1.54, 1.807) is 0 Å². The first-order valence-corrected chi connectivity index (χ1v) is 3.21. The number of hydrogen-bond donors (Lipinski definition) is 1. The van der Waals surface area contributed by atoms with E-state index in [9.17, 15) is 20.2 Å². The van der Waals surface area contributed by atoms with E-state index in [2.05, 4.69) is 9.68 Å². The molecule has 0 aliphatic carbocycles. The molecule has 9 nitrogen and oxygen atoms in total. The average molecular weight is 196 g/mol. The monoisotopic (exact) mass is 196 g/mol. The molecular formula is C4H8N2O7. The minimum Gasteiger partial charge on any atom is -0.396 e. The third kappa shape index (κ3) is 6.75. The summed E-state index contributed by atoms with van der Waals surface area (Å²) in [7, 11) is 0. The Morgan fingerprint density at radius 3 is 1.77 bits per heavy atom. The lowest BCUT2D eigenvalue weighted by Crippen LogP contribution is -2.23. The van der Waals surface area contributed by atoms with E-state index in [1.807, 2.05) is 0 Å². The molecule has 0 aromatic rings. The molecule has 0 atom stereocenters. The lowest BCUT2D eigenvalue weighted by molar-refractivity contribution is -0.768. The van der Waals surface area contributed by atoms with Crippen molar-refractivity contribution in [3.05, 3.63) is 20.2 Å². The molecule has 0 heterocycles. The van der Waals surface area contributed by atoms with Crippen LogP contribution in [0.4, 0.5) is 0 Å². The first kappa shape index (κ1) is 11.4. The number of rotatable bonds is 7. The van der Waals surface area contributed by atoms with E-state index in [1.165, 1.54) is 0 Å². The predicted octanol–water partition coefficient (Wildman–Crippen LogP) is -0.988. The van der Waals surface area contributed by atoms with E-state index in [0.29, 0.717) is 0 Å². The first-order valence-electron chi connectivity index (χ1n) is 3.21. The summed E-state index contributed by atoms with van der Waals surface area (Å²) in [5, 5.41) is 25.8. The van der Waals surface area contributed by atoms with E-state index in [4.69, 9.17) is 5.11 Å². The molecule has 0 radical (unpaired) electrons. The van der Waals surface area contributed by atoms with Gasteiger partial charge >= 0.3 is 0 Å². The molecule has 0 aliphatic heterocycles. The minimum atomic E-state index is -1.05. The second-order valence-corrected chi connectivity index (χ2v) is 2.09. The number of aliphatic hydroxyl groups excluding tert-OH is 1. The van der Waals surface area contributed by atoms with Gasteiger partial charge in [-0.15, -0.1) is 20.2 Å². The third-order valence-corrected chi connectivity index (χ3v) is 1.09. The zero-order valence-corrected chi connectivity index (χ0v) is 6.49. The molecule has 0 aromatic heterocycles. The normalized spacial score (nSPS) is 9.69. The van der Waals surface area contributed by atoms with Gasteiger partial charge in [-0.25, -0.2) is 0 Å². The zero-order chi connectivity index (χ0) is 10.3. The lowest BCUT2D eigenvalue weighted by Gasteiger charge is -2.10. The van der Waals surface area contributed by atoms with Crippen molar-refractivity contribution >= 4 is 0 Å². The Hall–Kier alpha value is -1.64. The fraction of sp³-hybridized carbons (Fsp3) is 1.00. The van der Waals surface area contributed by atoms with Gasteiger partial charge in [0.2, 0.25) is 0 Å². The molecule has 0 spiro atoms. The van der Waals surface area contributed by atoms with Gasteiger partial charge in [-0.1, -0.05) is 0 Å². The van der Waals surface area contributed by atoms with Crippen LogP contribution in [-0.2, 0) is 9.68 Å². The molecule has 0 saturated carbocycles. The quantitative estimate of drug-likeness (QED) is 0.409. The van der Waals surface area contributed by atoms with Gasteiger partial charge in [0.05, 0.1) is 0 Å². The minimum absolute atomic E-state index is 0.433. The molecule has 0 amide bonds. The van der Waals surface area contributed by atoms with Crippen molar-refractivity contribution in [2.45, 2.75) is 0 Å². The fourth-order valence-corrected chi connectivity index (χ4v) is 0.486. The van der Waals surface area contributed by atoms with Gasteiger partial charge in [-0.05, 0) is 0 Å². The Morgan fingerprint density at radius 1 is 1.15 bits per heavy atom. The molecule has 0 aromatic carbocycles. The molecule has 1 N–H and O–H groups in total. The van der Waals surface area contributed by atoms with Crippen LogP contribution in [-0.4, -0.2) is 35.1 Å². The van der Waals surface area contributed by atoms with E-state index in [-0.39, 0.29) is 0 Å².